The number of benzene rings is 2. The number of hydrogen-bond donors (Lipinski definition) is 2. The first-order chi connectivity index (χ1) is 13.9. The number of aryl methyl sites for hydroxylation is 1. The number of halogens is 2. The minimum absolute atomic E-state index is 0.0845. The summed E-state index contributed by atoms with van der Waals surface area (Å²) in [6, 6.07) is 10.9. The van der Waals surface area contributed by atoms with Gasteiger partial charge in [-0.1, -0.05) is 12.1 Å². The molecular formula is C22H24F2N4O. The van der Waals surface area contributed by atoms with E-state index in [-0.39, 0.29) is 11.6 Å². The van der Waals surface area contributed by atoms with Crippen molar-refractivity contribution in [1.82, 2.24) is 20.4 Å². The molecule has 2 N–H and O–H groups in total. The molecule has 7 heteroatoms. The zero-order valence-electron chi connectivity index (χ0n) is 16.7. The lowest BCUT2D eigenvalue weighted by atomic mass is 10.1. The third kappa shape index (κ3) is 4.68. The number of amides is 1. The lowest BCUT2D eigenvalue weighted by Crippen LogP contribution is -2.22. The van der Waals surface area contributed by atoms with Gasteiger partial charge in [-0.15, -0.1) is 0 Å². The van der Waals surface area contributed by atoms with E-state index in [1.807, 2.05) is 32.9 Å². The number of nitrogens with zero attached hydrogens (tertiary/aromatic N) is 2. The molecule has 0 spiro atoms. The van der Waals surface area contributed by atoms with Gasteiger partial charge in [0.25, 0.3) is 5.91 Å². The summed E-state index contributed by atoms with van der Waals surface area (Å²) in [4.78, 5) is 11.8. The molecule has 0 unspecified atom stereocenters. The first kappa shape index (κ1) is 20.7. The number of hydrogen-bond acceptors (Lipinski definition) is 3. The fourth-order valence-electron chi connectivity index (χ4n) is 3.19. The monoisotopic (exact) mass is 398 g/mol. The van der Waals surface area contributed by atoms with E-state index in [1.54, 1.807) is 12.1 Å². The Labute approximate surface area is 168 Å². The Kier molecular flexibility index (Phi) is 6.39. The first-order valence-electron chi connectivity index (χ1n) is 9.49. The Hall–Kier alpha value is -3.06. The van der Waals surface area contributed by atoms with Crippen LogP contribution < -0.4 is 10.6 Å². The molecular weight excluding hydrogens is 374 g/mol. The van der Waals surface area contributed by atoms with Crippen molar-refractivity contribution in [2.45, 2.75) is 33.9 Å². The van der Waals surface area contributed by atoms with Crippen molar-refractivity contribution in [1.29, 1.82) is 0 Å². The van der Waals surface area contributed by atoms with Crippen molar-refractivity contribution in [2.24, 2.45) is 0 Å². The van der Waals surface area contributed by atoms with Crippen molar-refractivity contribution in [2.75, 3.05) is 6.54 Å². The molecule has 0 aliphatic carbocycles. The Morgan fingerprint density at radius 2 is 1.79 bits per heavy atom. The van der Waals surface area contributed by atoms with E-state index < -0.39 is 11.6 Å². The molecule has 29 heavy (non-hydrogen) atoms. The van der Waals surface area contributed by atoms with Crippen LogP contribution in [0.25, 0.3) is 5.69 Å². The zero-order chi connectivity index (χ0) is 21.0. The highest BCUT2D eigenvalue weighted by Gasteiger charge is 2.15. The summed E-state index contributed by atoms with van der Waals surface area (Å²) in [7, 11) is 0. The fourth-order valence-corrected chi connectivity index (χ4v) is 3.19. The van der Waals surface area contributed by atoms with E-state index in [9.17, 15) is 13.6 Å². The maximum atomic E-state index is 14.1. The van der Waals surface area contributed by atoms with Crippen LogP contribution in [0, 0.1) is 25.5 Å². The topological polar surface area (TPSA) is 59.0 Å². The maximum Gasteiger partial charge on any atom is 0.251 e. The van der Waals surface area contributed by atoms with Crippen molar-refractivity contribution >= 4 is 5.91 Å². The van der Waals surface area contributed by atoms with Gasteiger partial charge in [0.05, 0.1) is 5.69 Å². The van der Waals surface area contributed by atoms with Crippen LogP contribution >= 0.6 is 0 Å². The number of aromatic nitrogens is 2. The van der Waals surface area contributed by atoms with Crippen molar-refractivity contribution in [3.05, 3.63) is 82.2 Å². The van der Waals surface area contributed by atoms with Gasteiger partial charge in [0.15, 0.2) is 5.82 Å². The second kappa shape index (κ2) is 8.96. The van der Waals surface area contributed by atoms with E-state index >= 15 is 0 Å². The SMILES string of the molecule is CCNC(=O)c1ccc(CNCc2c(C)nn(-c3ccc(F)cc3F)c2C)cc1. The Balaban J connectivity index is 1.67. The maximum absolute atomic E-state index is 14.1. The van der Waals surface area contributed by atoms with Crippen LogP contribution in [0.1, 0.15) is 39.8 Å². The average molecular weight is 398 g/mol. The van der Waals surface area contributed by atoms with Crippen LogP contribution in [0.3, 0.4) is 0 Å². The molecule has 1 heterocycles. The van der Waals surface area contributed by atoms with Gasteiger partial charge in [0.2, 0.25) is 0 Å². The zero-order valence-corrected chi connectivity index (χ0v) is 16.7. The molecule has 0 bridgehead atoms. The van der Waals surface area contributed by atoms with Gasteiger partial charge in [-0.3, -0.25) is 4.79 Å². The predicted molar refractivity (Wildman–Crippen MR) is 108 cm³/mol. The number of carbonyl (C=O) groups excluding carboxylic acids is 1. The predicted octanol–water partition coefficient (Wildman–Crippen LogP) is 3.81. The molecule has 3 aromatic rings. The van der Waals surface area contributed by atoms with Crippen LogP contribution in [-0.2, 0) is 13.1 Å². The van der Waals surface area contributed by atoms with Gasteiger partial charge in [0, 0.05) is 42.5 Å². The molecule has 0 radical (unpaired) electrons. The molecule has 0 atom stereocenters. The van der Waals surface area contributed by atoms with Crippen LogP contribution in [0.2, 0.25) is 0 Å². The highest BCUT2D eigenvalue weighted by atomic mass is 19.1. The van der Waals surface area contributed by atoms with Crippen LogP contribution in [0.5, 0.6) is 0 Å². The number of rotatable bonds is 7. The van der Waals surface area contributed by atoms with Crippen molar-refractivity contribution in [3.8, 4) is 5.69 Å². The summed E-state index contributed by atoms with van der Waals surface area (Å²) in [6.45, 7) is 7.37. The Morgan fingerprint density at radius 3 is 2.45 bits per heavy atom. The molecule has 152 valence electrons. The first-order valence-corrected chi connectivity index (χ1v) is 9.49. The Bertz CT molecular complexity index is 1010. The average Bonchev–Trinajstić information content (AvgIpc) is 2.97. The van der Waals surface area contributed by atoms with Gasteiger partial charge in [-0.2, -0.15) is 5.10 Å². The molecule has 5 nitrogen and oxygen atoms in total. The van der Waals surface area contributed by atoms with Crippen molar-refractivity contribution < 1.29 is 13.6 Å². The minimum atomic E-state index is -0.651. The highest BCUT2D eigenvalue weighted by Crippen LogP contribution is 2.21. The summed E-state index contributed by atoms with van der Waals surface area (Å²) in [6.07, 6.45) is 0. The third-order valence-electron chi connectivity index (χ3n) is 4.76. The van der Waals surface area contributed by atoms with Gasteiger partial charge >= 0.3 is 0 Å². The molecule has 0 fully saturated rings. The van der Waals surface area contributed by atoms with Crippen LogP contribution in [0.15, 0.2) is 42.5 Å². The van der Waals surface area contributed by atoms with Crippen molar-refractivity contribution in [3.63, 3.8) is 0 Å². The minimum Gasteiger partial charge on any atom is -0.352 e. The molecule has 2 aromatic carbocycles. The molecule has 1 amide bonds. The quantitative estimate of drug-likeness (QED) is 0.636. The summed E-state index contributed by atoms with van der Waals surface area (Å²) in [5, 5.41) is 10.5. The molecule has 3 rings (SSSR count). The van der Waals surface area contributed by atoms with E-state index in [0.717, 1.165) is 28.6 Å². The fraction of sp³-hybridized carbons (Fsp3) is 0.273. The van der Waals surface area contributed by atoms with Gasteiger partial charge in [-0.25, -0.2) is 13.5 Å². The number of nitrogens with one attached hydrogen (secondary N) is 2. The summed E-state index contributed by atoms with van der Waals surface area (Å²) in [5.74, 6) is -1.35. The van der Waals surface area contributed by atoms with Gasteiger partial charge in [-0.05, 0) is 50.6 Å². The summed E-state index contributed by atoms with van der Waals surface area (Å²) >= 11 is 0. The molecule has 0 aliphatic heterocycles. The molecule has 0 saturated heterocycles. The van der Waals surface area contributed by atoms with Gasteiger partial charge in [0.1, 0.15) is 11.5 Å². The van der Waals surface area contributed by atoms with Crippen LogP contribution in [-0.4, -0.2) is 22.2 Å². The highest BCUT2D eigenvalue weighted by molar-refractivity contribution is 5.94. The molecule has 1 aromatic heterocycles. The van der Waals surface area contributed by atoms with Gasteiger partial charge < -0.3 is 10.6 Å². The molecule has 0 aliphatic rings. The lowest BCUT2D eigenvalue weighted by Gasteiger charge is -2.08. The van der Waals surface area contributed by atoms with E-state index in [0.29, 0.717) is 25.2 Å². The van der Waals surface area contributed by atoms with Crippen LogP contribution in [0.4, 0.5) is 8.78 Å². The smallest absolute Gasteiger partial charge is 0.251 e. The normalized spacial score (nSPS) is 10.9. The summed E-state index contributed by atoms with van der Waals surface area (Å²) < 4.78 is 28.8. The second-order valence-corrected chi connectivity index (χ2v) is 6.82. The van der Waals surface area contributed by atoms with E-state index in [2.05, 4.69) is 15.7 Å². The standard InChI is InChI=1S/C22H24F2N4O/c1-4-26-22(29)17-7-5-16(6-8-17)12-25-13-19-14(2)27-28(15(19)3)21-10-9-18(23)11-20(21)24/h5-11,25H,4,12-13H2,1-3H3,(H,26,29). The molecule has 0 saturated carbocycles. The Morgan fingerprint density at radius 1 is 1.07 bits per heavy atom. The summed E-state index contributed by atoms with van der Waals surface area (Å²) in [5.41, 5.74) is 4.44. The third-order valence-corrected chi connectivity index (χ3v) is 4.76. The second-order valence-electron chi connectivity index (χ2n) is 6.82. The number of carbonyl (C=O) groups is 1. The largest absolute Gasteiger partial charge is 0.352 e. The van der Waals surface area contributed by atoms with E-state index in [1.165, 1.54) is 16.8 Å². The van der Waals surface area contributed by atoms with E-state index in [4.69, 9.17) is 0 Å². The lowest BCUT2D eigenvalue weighted by molar-refractivity contribution is 0.0956.